The molecule has 4 rings (SSSR count). The number of imide groups is 1. The predicted molar refractivity (Wildman–Crippen MR) is 127 cm³/mol. The molecule has 1 aromatic heterocycles. The van der Waals surface area contributed by atoms with Crippen LogP contribution in [0.2, 0.25) is 0 Å². The number of anilines is 1. The Labute approximate surface area is 203 Å². The van der Waals surface area contributed by atoms with Crippen LogP contribution in [0.3, 0.4) is 0 Å². The van der Waals surface area contributed by atoms with Crippen molar-refractivity contribution in [1.82, 2.24) is 9.21 Å². The first-order valence-electron chi connectivity index (χ1n) is 11.0. The Morgan fingerprint density at radius 2 is 1.66 bits per heavy atom. The average Bonchev–Trinajstić information content (AvgIpc) is 3.45. The summed E-state index contributed by atoms with van der Waals surface area (Å²) in [6.07, 6.45) is 1.90. The predicted octanol–water partition coefficient (Wildman–Crippen LogP) is 3.07. The summed E-state index contributed by atoms with van der Waals surface area (Å²) in [6, 6.07) is 16.4. The van der Waals surface area contributed by atoms with Gasteiger partial charge in [0.1, 0.15) is 5.76 Å². The van der Waals surface area contributed by atoms with Gasteiger partial charge < -0.3 is 9.73 Å². The van der Waals surface area contributed by atoms with E-state index in [0.29, 0.717) is 11.4 Å². The zero-order valence-corrected chi connectivity index (χ0v) is 20.0. The fourth-order valence-corrected chi connectivity index (χ4v) is 5.06. The molecule has 2 aromatic carbocycles. The first-order chi connectivity index (χ1) is 16.7. The SMILES string of the molecule is Cc1ccc(S(=O)(=O)N(CC(=O)Nc2ccc(CN3C(=O)CCC3=O)cc2)Cc2ccco2)cc1. The number of furan rings is 1. The maximum atomic E-state index is 13.3. The van der Waals surface area contributed by atoms with Crippen LogP contribution in [0.15, 0.2) is 76.2 Å². The molecule has 0 aliphatic carbocycles. The molecule has 0 spiro atoms. The Hall–Kier alpha value is -3.76. The Morgan fingerprint density at radius 1 is 1.00 bits per heavy atom. The van der Waals surface area contributed by atoms with Crippen molar-refractivity contribution < 1.29 is 27.2 Å². The van der Waals surface area contributed by atoms with Crippen LogP contribution in [0.1, 0.15) is 29.7 Å². The summed E-state index contributed by atoms with van der Waals surface area (Å²) in [7, 11) is -3.97. The van der Waals surface area contributed by atoms with Crippen LogP contribution in [0.25, 0.3) is 0 Å². The van der Waals surface area contributed by atoms with Crippen molar-refractivity contribution in [3.63, 3.8) is 0 Å². The number of aryl methyl sites for hydroxylation is 1. The van der Waals surface area contributed by atoms with Crippen molar-refractivity contribution in [1.29, 1.82) is 0 Å². The van der Waals surface area contributed by atoms with Gasteiger partial charge in [0, 0.05) is 18.5 Å². The first kappa shape index (κ1) is 24.4. The number of sulfonamides is 1. The van der Waals surface area contributed by atoms with Gasteiger partial charge in [0.05, 0.1) is 30.8 Å². The number of nitrogens with one attached hydrogen (secondary N) is 1. The number of carbonyl (C=O) groups is 3. The zero-order valence-electron chi connectivity index (χ0n) is 19.1. The van der Waals surface area contributed by atoms with E-state index in [4.69, 9.17) is 4.42 Å². The molecule has 0 bridgehead atoms. The standard InChI is InChI=1S/C25H25N3O6S/c1-18-4-10-22(11-5-18)35(32,33)27(16-21-3-2-14-34-21)17-23(29)26-20-8-6-19(7-9-20)15-28-24(30)12-13-25(28)31/h2-11,14H,12-13,15-17H2,1H3,(H,26,29). The lowest BCUT2D eigenvalue weighted by Crippen LogP contribution is -2.37. The van der Waals surface area contributed by atoms with Crippen molar-refractivity contribution in [2.24, 2.45) is 0 Å². The maximum Gasteiger partial charge on any atom is 0.243 e. The Morgan fingerprint density at radius 3 is 2.26 bits per heavy atom. The Balaban J connectivity index is 1.45. The molecule has 182 valence electrons. The molecule has 3 amide bonds. The molecule has 9 nitrogen and oxygen atoms in total. The van der Waals surface area contributed by atoms with Crippen LogP contribution in [0.5, 0.6) is 0 Å². The number of hydrogen-bond donors (Lipinski definition) is 1. The second-order valence-corrected chi connectivity index (χ2v) is 10.2. The Bertz CT molecular complexity index is 1300. The second kappa shape index (κ2) is 10.2. The number of amides is 3. The highest BCUT2D eigenvalue weighted by Gasteiger charge is 2.29. The van der Waals surface area contributed by atoms with Gasteiger partial charge in [-0.1, -0.05) is 29.8 Å². The third-order valence-electron chi connectivity index (χ3n) is 5.62. The molecule has 1 fully saturated rings. The minimum atomic E-state index is -3.97. The number of carbonyl (C=O) groups excluding carboxylic acids is 3. The van der Waals surface area contributed by atoms with Crippen LogP contribution in [-0.4, -0.2) is 41.9 Å². The summed E-state index contributed by atoms with van der Waals surface area (Å²) in [5.74, 6) is -0.508. The molecule has 35 heavy (non-hydrogen) atoms. The monoisotopic (exact) mass is 495 g/mol. The number of benzene rings is 2. The molecular weight excluding hydrogens is 470 g/mol. The van der Waals surface area contributed by atoms with E-state index in [-0.39, 0.29) is 42.6 Å². The first-order valence-corrected chi connectivity index (χ1v) is 12.5. The maximum absolute atomic E-state index is 13.3. The van der Waals surface area contributed by atoms with Crippen molar-refractivity contribution >= 4 is 33.4 Å². The number of likely N-dealkylation sites (tertiary alicyclic amines) is 1. The van der Waals surface area contributed by atoms with Crippen LogP contribution in [-0.2, 0) is 37.5 Å². The highest BCUT2D eigenvalue weighted by molar-refractivity contribution is 7.89. The third kappa shape index (κ3) is 5.84. The lowest BCUT2D eigenvalue weighted by Gasteiger charge is -2.21. The number of nitrogens with zero attached hydrogens (tertiary/aromatic N) is 2. The summed E-state index contributed by atoms with van der Waals surface area (Å²) < 4.78 is 32.9. The van der Waals surface area contributed by atoms with Crippen molar-refractivity contribution in [3.8, 4) is 0 Å². The Kier molecular flexibility index (Phi) is 7.13. The molecule has 2 heterocycles. The summed E-state index contributed by atoms with van der Waals surface area (Å²) in [4.78, 5) is 37.7. The normalized spacial score (nSPS) is 14.1. The van der Waals surface area contributed by atoms with Gasteiger partial charge in [-0.05, 0) is 48.9 Å². The minimum absolute atomic E-state index is 0.0813. The van der Waals surface area contributed by atoms with E-state index in [1.54, 1.807) is 48.5 Å². The molecule has 10 heteroatoms. The fraction of sp³-hybridized carbons (Fsp3) is 0.240. The van der Waals surface area contributed by atoms with Gasteiger partial charge in [0.15, 0.2) is 0 Å². The molecule has 0 unspecified atom stereocenters. The van der Waals surface area contributed by atoms with Crippen molar-refractivity contribution in [2.45, 2.75) is 37.8 Å². The summed E-state index contributed by atoms with van der Waals surface area (Å²) >= 11 is 0. The van der Waals surface area contributed by atoms with Crippen LogP contribution >= 0.6 is 0 Å². The summed E-state index contributed by atoms with van der Waals surface area (Å²) in [5, 5.41) is 2.70. The fourth-order valence-electron chi connectivity index (χ4n) is 3.70. The van der Waals surface area contributed by atoms with Gasteiger partial charge in [-0.15, -0.1) is 0 Å². The van der Waals surface area contributed by atoms with Gasteiger partial charge >= 0.3 is 0 Å². The summed E-state index contributed by atoms with van der Waals surface area (Å²) in [6.45, 7) is 1.51. The van der Waals surface area contributed by atoms with Gasteiger partial charge in [-0.3, -0.25) is 19.3 Å². The summed E-state index contributed by atoms with van der Waals surface area (Å²) in [5.41, 5.74) is 2.12. The molecule has 1 aliphatic heterocycles. The van der Waals surface area contributed by atoms with Crippen LogP contribution in [0, 0.1) is 6.92 Å². The zero-order chi connectivity index (χ0) is 25.0. The average molecular weight is 496 g/mol. The quantitative estimate of drug-likeness (QED) is 0.456. The molecule has 1 saturated heterocycles. The molecule has 1 aliphatic rings. The van der Waals surface area contributed by atoms with E-state index in [1.165, 1.54) is 23.3 Å². The molecule has 1 N–H and O–H groups in total. The lowest BCUT2D eigenvalue weighted by molar-refractivity contribution is -0.139. The highest BCUT2D eigenvalue weighted by Crippen LogP contribution is 2.21. The molecule has 0 saturated carbocycles. The molecule has 0 atom stereocenters. The third-order valence-corrected chi connectivity index (χ3v) is 7.43. The van der Waals surface area contributed by atoms with E-state index in [2.05, 4.69) is 5.32 Å². The van der Waals surface area contributed by atoms with Gasteiger partial charge in [0.2, 0.25) is 27.7 Å². The molecule has 0 radical (unpaired) electrons. The highest BCUT2D eigenvalue weighted by atomic mass is 32.2. The van der Waals surface area contributed by atoms with Gasteiger partial charge in [-0.25, -0.2) is 8.42 Å². The van der Waals surface area contributed by atoms with Gasteiger partial charge in [-0.2, -0.15) is 4.31 Å². The van der Waals surface area contributed by atoms with Crippen molar-refractivity contribution in [2.75, 3.05) is 11.9 Å². The van der Waals surface area contributed by atoms with E-state index >= 15 is 0 Å². The lowest BCUT2D eigenvalue weighted by atomic mass is 10.2. The topological polar surface area (TPSA) is 117 Å². The largest absolute Gasteiger partial charge is 0.468 e. The molecular formula is C25H25N3O6S. The van der Waals surface area contributed by atoms with Crippen molar-refractivity contribution in [3.05, 3.63) is 83.8 Å². The minimum Gasteiger partial charge on any atom is -0.468 e. The second-order valence-electron chi connectivity index (χ2n) is 8.28. The number of rotatable bonds is 9. The van der Waals surface area contributed by atoms with Crippen LogP contribution < -0.4 is 5.32 Å². The van der Waals surface area contributed by atoms with E-state index in [1.807, 2.05) is 6.92 Å². The number of hydrogen-bond acceptors (Lipinski definition) is 6. The van der Waals surface area contributed by atoms with E-state index < -0.39 is 22.5 Å². The molecule has 3 aromatic rings. The smallest absolute Gasteiger partial charge is 0.243 e. The van der Waals surface area contributed by atoms with E-state index in [9.17, 15) is 22.8 Å². The van der Waals surface area contributed by atoms with E-state index in [0.717, 1.165) is 15.4 Å². The van der Waals surface area contributed by atoms with Gasteiger partial charge in [0.25, 0.3) is 0 Å². The van der Waals surface area contributed by atoms with Crippen LogP contribution in [0.4, 0.5) is 5.69 Å².